The van der Waals surface area contributed by atoms with E-state index < -0.39 is 22.5 Å². The Bertz CT molecular complexity index is 1150. The van der Waals surface area contributed by atoms with Crippen LogP contribution in [0, 0.1) is 0 Å². The van der Waals surface area contributed by atoms with Crippen molar-refractivity contribution in [3.8, 4) is 11.5 Å². The topological polar surface area (TPSA) is 84.9 Å². The van der Waals surface area contributed by atoms with Crippen molar-refractivity contribution in [2.75, 3.05) is 25.1 Å². The van der Waals surface area contributed by atoms with Crippen molar-refractivity contribution >= 4 is 21.6 Å². The number of rotatable bonds is 9. The summed E-state index contributed by atoms with van der Waals surface area (Å²) in [6.07, 6.45) is 0. The van der Waals surface area contributed by atoms with Crippen molar-refractivity contribution in [2.24, 2.45) is 0 Å². The highest BCUT2D eigenvalue weighted by Crippen LogP contribution is 2.35. The van der Waals surface area contributed by atoms with Crippen molar-refractivity contribution in [3.63, 3.8) is 0 Å². The van der Waals surface area contributed by atoms with E-state index in [4.69, 9.17) is 9.47 Å². The van der Waals surface area contributed by atoms with E-state index in [0.29, 0.717) is 5.75 Å². The number of nitrogens with zero attached hydrogens (tertiary/aromatic N) is 1. The third-order valence-corrected chi connectivity index (χ3v) is 6.73. The quantitative estimate of drug-likeness (QED) is 0.532. The molecule has 0 radical (unpaired) electrons. The summed E-state index contributed by atoms with van der Waals surface area (Å²) in [5.74, 6) is 0.330. The first kappa shape index (κ1) is 23.1. The molecule has 1 atom stereocenters. The van der Waals surface area contributed by atoms with Crippen LogP contribution in [0.2, 0.25) is 0 Å². The summed E-state index contributed by atoms with van der Waals surface area (Å²) in [5.41, 5.74) is 1.15. The number of carbonyl (C=O) groups is 1. The first-order valence-electron chi connectivity index (χ1n) is 10.0. The minimum Gasteiger partial charge on any atom is -0.497 e. The fraction of sp³-hybridized carbons (Fsp3) is 0.208. The largest absolute Gasteiger partial charge is 0.497 e. The van der Waals surface area contributed by atoms with Crippen LogP contribution in [-0.4, -0.2) is 35.1 Å². The lowest BCUT2D eigenvalue weighted by Gasteiger charge is -2.26. The summed E-state index contributed by atoms with van der Waals surface area (Å²) in [4.78, 5) is 13.0. The molecule has 0 saturated carbocycles. The van der Waals surface area contributed by atoms with Crippen LogP contribution in [0.5, 0.6) is 11.5 Å². The molecule has 7 nitrogen and oxygen atoms in total. The monoisotopic (exact) mass is 454 g/mol. The van der Waals surface area contributed by atoms with Gasteiger partial charge in [-0.3, -0.25) is 9.10 Å². The maximum absolute atomic E-state index is 13.5. The van der Waals surface area contributed by atoms with Crippen LogP contribution in [0.25, 0.3) is 0 Å². The highest BCUT2D eigenvalue weighted by Gasteiger charge is 2.30. The number of nitrogens with one attached hydrogen (secondary N) is 1. The maximum Gasteiger partial charge on any atom is 0.264 e. The van der Waals surface area contributed by atoms with E-state index in [-0.39, 0.29) is 22.4 Å². The third-order valence-electron chi connectivity index (χ3n) is 4.95. The zero-order valence-corrected chi connectivity index (χ0v) is 19.0. The van der Waals surface area contributed by atoms with E-state index in [1.165, 1.54) is 26.4 Å². The molecule has 0 aliphatic carbocycles. The molecule has 0 heterocycles. The fourth-order valence-corrected chi connectivity index (χ4v) is 4.71. The van der Waals surface area contributed by atoms with Gasteiger partial charge in [0.2, 0.25) is 5.91 Å². The molecule has 0 spiro atoms. The molecule has 0 bridgehead atoms. The number of sulfonamides is 1. The van der Waals surface area contributed by atoms with E-state index >= 15 is 0 Å². The smallest absolute Gasteiger partial charge is 0.264 e. The van der Waals surface area contributed by atoms with Crippen molar-refractivity contribution in [2.45, 2.75) is 17.9 Å². The first-order chi connectivity index (χ1) is 15.4. The SMILES string of the molecule is COc1ccc(N(CC(=O)N[C@H](C)c2ccccc2)S(=O)(=O)c2ccccc2)c(OC)c1. The summed E-state index contributed by atoms with van der Waals surface area (Å²) < 4.78 is 38.7. The van der Waals surface area contributed by atoms with Crippen LogP contribution in [0.3, 0.4) is 0 Å². The Morgan fingerprint density at radius 3 is 2.16 bits per heavy atom. The van der Waals surface area contributed by atoms with E-state index in [1.807, 2.05) is 37.3 Å². The lowest BCUT2D eigenvalue weighted by Crippen LogP contribution is -2.41. The molecule has 0 unspecified atom stereocenters. The Kier molecular flexibility index (Phi) is 7.37. The fourth-order valence-electron chi connectivity index (χ4n) is 3.25. The lowest BCUT2D eigenvalue weighted by atomic mass is 10.1. The van der Waals surface area contributed by atoms with Crippen LogP contribution >= 0.6 is 0 Å². The summed E-state index contributed by atoms with van der Waals surface area (Å²) in [7, 11) is -1.11. The van der Waals surface area contributed by atoms with Gasteiger partial charge in [0.15, 0.2) is 0 Å². The Morgan fingerprint density at radius 1 is 0.938 bits per heavy atom. The average Bonchev–Trinajstić information content (AvgIpc) is 2.83. The van der Waals surface area contributed by atoms with Crippen molar-refractivity contribution < 1.29 is 22.7 Å². The van der Waals surface area contributed by atoms with E-state index in [9.17, 15) is 13.2 Å². The van der Waals surface area contributed by atoms with Gasteiger partial charge in [0.1, 0.15) is 18.0 Å². The van der Waals surface area contributed by atoms with Crippen molar-refractivity contribution in [1.29, 1.82) is 0 Å². The van der Waals surface area contributed by atoms with Gasteiger partial charge in [0.25, 0.3) is 10.0 Å². The minimum absolute atomic E-state index is 0.0711. The summed E-state index contributed by atoms with van der Waals surface area (Å²) >= 11 is 0. The molecule has 0 aromatic heterocycles. The van der Waals surface area contributed by atoms with Crippen LogP contribution in [-0.2, 0) is 14.8 Å². The molecule has 8 heteroatoms. The second-order valence-electron chi connectivity index (χ2n) is 7.06. The van der Waals surface area contributed by atoms with Crippen LogP contribution in [0.4, 0.5) is 5.69 Å². The number of anilines is 1. The second-order valence-corrected chi connectivity index (χ2v) is 8.92. The highest BCUT2D eigenvalue weighted by molar-refractivity contribution is 7.92. The van der Waals surface area contributed by atoms with Crippen molar-refractivity contribution in [1.82, 2.24) is 5.32 Å². The number of hydrogen-bond donors (Lipinski definition) is 1. The second kappa shape index (κ2) is 10.2. The number of carbonyl (C=O) groups excluding carboxylic acids is 1. The number of hydrogen-bond acceptors (Lipinski definition) is 5. The molecular weight excluding hydrogens is 428 g/mol. The van der Waals surface area contributed by atoms with Crippen LogP contribution in [0.1, 0.15) is 18.5 Å². The molecule has 32 heavy (non-hydrogen) atoms. The molecule has 0 aliphatic rings. The number of ether oxygens (including phenoxy) is 2. The van der Waals surface area contributed by atoms with Crippen LogP contribution in [0.15, 0.2) is 83.8 Å². The number of benzene rings is 3. The molecular formula is C24H26N2O5S. The lowest BCUT2D eigenvalue weighted by molar-refractivity contribution is -0.120. The molecule has 0 fully saturated rings. The predicted octanol–water partition coefficient (Wildman–Crippen LogP) is 3.78. The van der Waals surface area contributed by atoms with Gasteiger partial charge >= 0.3 is 0 Å². The molecule has 0 aliphatic heterocycles. The van der Waals surface area contributed by atoms with Gasteiger partial charge in [-0.2, -0.15) is 0 Å². The van der Waals surface area contributed by atoms with Gasteiger partial charge in [-0.25, -0.2) is 8.42 Å². The molecule has 1 amide bonds. The summed E-state index contributed by atoms with van der Waals surface area (Å²) in [6.45, 7) is 1.42. The molecule has 0 saturated heterocycles. The van der Waals surface area contributed by atoms with E-state index in [2.05, 4.69) is 5.32 Å². The number of methoxy groups -OCH3 is 2. The molecule has 168 valence electrons. The number of amides is 1. The Morgan fingerprint density at radius 2 is 1.56 bits per heavy atom. The normalized spacial score (nSPS) is 12.0. The van der Waals surface area contributed by atoms with Gasteiger partial charge in [-0.1, -0.05) is 48.5 Å². The van der Waals surface area contributed by atoms with Gasteiger partial charge in [-0.05, 0) is 36.8 Å². The average molecular weight is 455 g/mol. The van der Waals surface area contributed by atoms with Gasteiger partial charge in [-0.15, -0.1) is 0 Å². The predicted molar refractivity (Wildman–Crippen MR) is 124 cm³/mol. The zero-order valence-electron chi connectivity index (χ0n) is 18.2. The standard InChI is InChI=1S/C24H26N2O5S/c1-18(19-10-6-4-7-11-19)25-24(27)17-26(32(28,29)21-12-8-5-9-13-21)22-15-14-20(30-2)16-23(22)31-3/h4-16,18H,17H2,1-3H3,(H,25,27)/t18-/m1/s1. The molecule has 3 aromatic carbocycles. The third kappa shape index (κ3) is 5.20. The van der Waals surface area contributed by atoms with Crippen LogP contribution < -0.4 is 19.1 Å². The maximum atomic E-state index is 13.5. The van der Waals surface area contributed by atoms with Gasteiger partial charge in [0.05, 0.1) is 30.8 Å². The Balaban J connectivity index is 1.97. The minimum atomic E-state index is -4.05. The van der Waals surface area contributed by atoms with Gasteiger partial charge < -0.3 is 14.8 Å². The zero-order chi connectivity index (χ0) is 23.1. The Labute approximate surface area is 188 Å². The molecule has 3 aromatic rings. The van der Waals surface area contributed by atoms with Crippen molar-refractivity contribution in [3.05, 3.63) is 84.4 Å². The highest BCUT2D eigenvalue weighted by atomic mass is 32.2. The Hall–Kier alpha value is -3.52. The van der Waals surface area contributed by atoms with E-state index in [1.54, 1.807) is 36.4 Å². The summed E-state index contributed by atoms with van der Waals surface area (Å²) in [6, 6.07) is 21.9. The van der Waals surface area contributed by atoms with Gasteiger partial charge in [0, 0.05) is 6.07 Å². The first-order valence-corrected chi connectivity index (χ1v) is 11.4. The van der Waals surface area contributed by atoms with E-state index in [0.717, 1.165) is 9.87 Å². The molecule has 3 rings (SSSR count). The molecule has 1 N–H and O–H groups in total. The summed E-state index contributed by atoms with van der Waals surface area (Å²) in [5, 5.41) is 2.87.